The van der Waals surface area contributed by atoms with Crippen LogP contribution in [0.3, 0.4) is 0 Å². The van der Waals surface area contributed by atoms with Gasteiger partial charge in [0.2, 0.25) is 10.0 Å². The lowest BCUT2D eigenvalue weighted by atomic mass is 10.3. The van der Waals surface area contributed by atoms with Crippen molar-refractivity contribution in [1.29, 1.82) is 0 Å². The zero-order chi connectivity index (χ0) is 15.0. The highest BCUT2D eigenvalue weighted by atomic mass is 32.2. The normalized spacial score (nSPS) is 11.1. The van der Waals surface area contributed by atoms with Gasteiger partial charge < -0.3 is 14.2 Å². The first-order chi connectivity index (χ1) is 9.49. The standard InChI is InChI=1S/C12H17NO6S/c1-17-8-7-13-20(15,16)11-5-3-10(4-6-11)19-9-12(14)18-2/h3-6,13H,7-9H2,1-2H3. The molecule has 0 aliphatic carbocycles. The van der Waals surface area contributed by atoms with Gasteiger partial charge in [-0.25, -0.2) is 17.9 Å². The van der Waals surface area contributed by atoms with Crippen molar-refractivity contribution in [2.75, 3.05) is 34.0 Å². The lowest BCUT2D eigenvalue weighted by Gasteiger charge is -2.08. The summed E-state index contributed by atoms with van der Waals surface area (Å²) < 4.78 is 40.4. The maximum Gasteiger partial charge on any atom is 0.343 e. The van der Waals surface area contributed by atoms with Crippen molar-refractivity contribution < 1.29 is 27.4 Å². The predicted octanol–water partition coefficient (Wildman–Crippen LogP) is 0.163. The van der Waals surface area contributed by atoms with E-state index in [-0.39, 0.29) is 18.0 Å². The van der Waals surface area contributed by atoms with E-state index in [9.17, 15) is 13.2 Å². The van der Waals surface area contributed by atoms with Crippen LogP contribution in [0.2, 0.25) is 0 Å². The Labute approximate surface area is 117 Å². The number of sulfonamides is 1. The van der Waals surface area contributed by atoms with E-state index in [4.69, 9.17) is 9.47 Å². The zero-order valence-corrected chi connectivity index (χ0v) is 12.1. The van der Waals surface area contributed by atoms with Gasteiger partial charge in [0.25, 0.3) is 0 Å². The molecule has 0 fully saturated rings. The van der Waals surface area contributed by atoms with Gasteiger partial charge >= 0.3 is 5.97 Å². The number of hydrogen-bond acceptors (Lipinski definition) is 6. The molecular formula is C12H17NO6S. The Morgan fingerprint density at radius 2 is 1.85 bits per heavy atom. The Morgan fingerprint density at radius 3 is 2.40 bits per heavy atom. The molecule has 1 aromatic rings. The van der Waals surface area contributed by atoms with E-state index in [0.717, 1.165) is 0 Å². The molecule has 0 aromatic heterocycles. The monoisotopic (exact) mass is 303 g/mol. The second kappa shape index (κ2) is 7.83. The number of rotatable bonds is 8. The minimum absolute atomic E-state index is 0.110. The Kier molecular flexibility index (Phi) is 6.43. The summed E-state index contributed by atoms with van der Waals surface area (Å²) in [6.07, 6.45) is 0. The SMILES string of the molecule is COCCNS(=O)(=O)c1ccc(OCC(=O)OC)cc1. The van der Waals surface area contributed by atoms with Crippen molar-refractivity contribution in [1.82, 2.24) is 4.72 Å². The molecule has 0 bridgehead atoms. The molecular weight excluding hydrogens is 286 g/mol. The third-order valence-corrected chi connectivity index (χ3v) is 3.79. The highest BCUT2D eigenvalue weighted by molar-refractivity contribution is 7.89. The van der Waals surface area contributed by atoms with Gasteiger partial charge in [-0.3, -0.25) is 0 Å². The van der Waals surface area contributed by atoms with E-state index >= 15 is 0 Å². The largest absolute Gasteiger partial charge is 0.482 e. The van der Waals surface area contributed by atoms with Crippen molar-refractivity contribution >= 4 is 16.0 Å². The number of nitrogens with one attached hydrogen (secondary N) is 1. The molecule has 0 saturated carbocycles. The van der Waals surface area contributed by atoms with Crippen LogP contribution in [0.1, 0.15) is 0 Å². The summed E-state index contributed by atoms with van der Waals surface area (Å²) in [5, 5.41) is 0. The first kappa shape index (κ1) is 16.4. The molecule has 0 spiro atoms. The molecule has 1 N–H and O–H groups in total. The van der Waals surface area contributed by atoms with Crippen LogP contribution in [0.4, 0.5) is 0 Å². The van der Waals surface area contributed by atoms with Crippen LogP contribution < -0.4 is 9.46 Å². The van der Waals surface area contributed by atoms with Gasteiger partial charge in [0.15, 0.2) is 6.61 Å². The van der Waals surface area contributed by atoms with E-state index in [2.05, 4.69) is 9.46 Å². The maximum absolute atomic E-state index is 11.8. The lowest BCUT2D eigenvalue weighted by Crippen LogP contribution is -2.27. The number of benzene rings is 1. The summed E-state index contributed by atoms with van der Waals surface area (Å²) in [4.78, 5) is 11.0. The number of ether oxygens (including phenoxy) is 3. The summed E-state index contributed by atoms with van der Waals surface area (Å²) in [5.41, 5.74) is 0. The molecule has 0 radical (unpaired) electrons. The molecule has 0 saturated heterocycles. The highest BCUT2D eigenvalue weighted by Crippen LogP contribution is 2.15. The van der Waals surface area contributed by atoms with Crippen molar-refractivity contribution in [2.45, 2.75) is 4.90 Å². The van der Waals surface area contributed by atoms with Crippen molar-refractivity contribution in [3.63, 3.8) is 0 Å². The van der Waals surface area contributed by atoms with Crippen LogP contribution in [0.15, 0.2) is 29.2 Å². The van der Waals surface area contributed by atoms with Crippen LogP contribution in [0, 0.1) is 0 Å². The molecule has 20 heavy (non-hydrogen) atoms. The second-order valence-electron chi connectivity index (χ2n) is 3.73. The van der Waals surface area contributed by atoms with Gasteiger partial charge in [0, 0.05) is 13.7 Å². The Morgan fingerprint density at radius 1 is 1.20 bits per heavy atom. The van der Waals surface area contributed by atoms with E-state index in [1.54, 1.807) is 0 Å². The number of esters is 1. The van der Waals surface area contributed by atoms with Gasteiger partial charge in [0.05, 0.1) is 18.6 Å². The van der Waals surface area contributed by atoms with E-state index in [1.165, 1.54) is 38.5 Å². The smallest absolute Gasteiger partial charge is 0.343 e. The van der Waals surface area contributed by atoms with E-state index in [1.807, 2.05) is 0 Å². The number of carbonyl (C=O) groups excluding carboxylic acids is 1. The van der Waals surface area contributed by atoms with Crippen LogP contribution in [0.25, 0.3) is 0 Å². The Bertz CT molecular complexity index is 525. The molecule has 0 amide bonds. The average molecular weight is 303 g/mol. The summed E-state index contributed by atoms with van der Waals surface area (Å²) in [6.45, 7) is 0.258. The van der Waals surface area contributed by atoms with Crippen molar-refractivity contribution in [2.24, 2.45) is 0 Å². The molecule has 0 aliphatic rings. The number of hydrogen-bond donors (Lipinski definition) is 1. The fourth-order valence-corrected chi connectivity index (χ4v) is 2.29. The predicted molar refractivity (Wildman–Crippen MR) is 71.0 cm³/mol. The third kappa shape index (κ3) is 5.16. The van der Waals surface area contributed by atoms with Crippen LogP contribution in [-0.2, 0) is 24.3 Å². The number of methoxy groups -OCH3 is 2. The molecule has 8 heteroatoms. The quantitative estimate of drug-likeness (QED) is 0.543. The Hall–Kier alpha value is -1.64. The first-order valence-corrected chi connectivity index (χ1v) is 7.26. The molecule has 1 rings (SSSR count). The van der Waals surface area contributed by atoms with E-state index in [0.29, 0.717) is 12.4 Å². The summed E-state index contributed by atoms with van der Waals surface area (Å²) in [7, 11) is -0.818. The third-order valence-electron chi connectivity index (χ3n) is 2.32. The van der Waals surface area contributed by atoms with E-state index < -0.39 is 16.0 Å². The summed E-state index contributed by atoms with van der Waals surface area (Å²) >= 11 is 0. The first-order valence-electron chi connectivity index (χ1n) is 5.78. The molecule has 0 atom stereocenters. The molecule has 7 nitrogen and oxygen atoms in total. The van der Waals surface area contributed by atoms with Crippen LogP contribution >= 0.6 is 0 Å². The summed E-state index contributed by atoms with van der Waals surface area (Å²) in [5.74, 6) is -0.130. The maximum atomic E-state index is 11.8. The topological polar surface area (TPSA) is 90.9 Å². The minimum atomic E-state index is -3.56. The molecule has 0 heterocycles. The van der Waals surface area contributed by atoms with Gasteiger partial charge in [-0.15, -0.1) is 0 Å². The van der Waals surface area contributed by atoms with Crippen LogP contribution in [0.5, 0.6) is 5.75 Å². The highest BCUT2D eigenvalue weighted by Gasteiger charge is 2.13. The van der Waals surface area contributed by atoms with Crippen molar-refractivity contribution in [3.05, 3.63) is 24.3 Å². The molecule has 112 valence electrons. The van der Waals surface area contributed by atoms with Crippen LogP contribution in [-0.4, -0.2) is 48.4 Å². The van der Waals surface area contributed by atoms with Gasteiger partial charge in [-0.05, 0) is 24.3 Å². The molecule has 0 aliphatic heterocycles. The lowest BCUT2D eigenvalue weighted by molar-refractivity contribution is -0.142. The Balaban J connectivity index is 2.63. The fraction of sp³-hybridized carbons (Fsp3) is 0.417. The fourth-order valence-electron chi connectivity index (χ4n) is 1.28. The molecule has 1 aromatic carbocycles. The van der Waals surface area contributed by atoms with Gasteiger partial charge in [0.1, 0.15) is 5.75 Å². The van der Waals surface area contributed by atoms with Crippen molar-refractivity contribution in [3.8, 4) is 5.75 Å². The molecule has 0 unspecified atom stereocenters. The average Bonchev–Trinajstić information content (AvgIpc) is 2.45. The minimum Gasteiger partial charge on any atom is -0.482 e. The number of carbonyl (C=O) groups is 1. The van der Waals surface area contributed by atoms with Gasteiger partial charge in [-0.2, -0.15) is 0 Å². The summed E-state index contributed by atoms with van der Waals surface area (Å²) in [6, 6.07) is 5.71. The second-order valence-corrected chi connectivity index (χ2v) is 5.49. The van der Waals surface area contributed by atoms with Gasteiger partial charge in [-0.1, -0.05) is 0 Å². The zero-order valence-electron chi connectivity index (χ0n) is 11.3.